The van der Waals surface area contributed by atoms with Gasteiger partial charge < -0.3 is 14.4 Å². The quantitative estimate of drug-likeness (QED) is 0.539. The summed E-state index contributed by atoms with van der Waals surface area (Å²) in [4.78, 5) is 15.2. The van der Waals surface area contributed by atoms with E-state index >= 15 is 0 Å². The standard InChI is InChI=1S/C24H26ClN3O3/c1-5-31-18-11-8-16(12-19(18)30-4)23-20-21(15-6-9-17(25)10-7-15)26-27-22(20)24(29)28(23)13-14(2)3/h6-12,14,23H,5,13H2,1-4H3,(H,26,27). The monoisotopic (exact) mass is 439 g/mol. The number of carbonyl (C=O) groups is 1. The SMILES string of the molecule is CCOc1ccc(C2c3c(-c4ccc(Cl)cc4)n[nH]c3C(=O)N2CC(C)C)cc1OC. The highest BCUT2D eigenvalue weighted by atomic mass is 35.5. The number of aromatic nitrogens is 2. The zero-order valence-corrected chi connectivity index (χ0v) is 18.9. The molecule has 0 spiro atoms. The van der Waals surface area contributed by atoms with E-state index in [1.54, 1.807) is 7.11 Å². The van der Waals surface area contributed by atoms with Gasteiger partial charge in [-0.1, -0.05) is 43.6 Å². The number of nitrogens with zero attached hydrogens (tertiary/aromatic N) is 2. The molecule has 2 aromatic carbocycles. The first-order valence-corrected chi connectivity index (χ1v) is 10.8. The van der Waals surface area contributed by atoms with Crippen molar-refractivity contribution in [2.24, 2.45) is 5.92 Å². The smallest absolute Gasteiger partial charge is 0.273 e. The number of aromatic amines is 1. The molecular formula is C24H26ClN3O3. The molecular weight excluding hydrogens is 414 g/mol. The minimum atomic E-state index is -0.279. The fourth-order valence-corrected chi connectivity index (χ4v) is 4.21. The van der Waals surface area contributed by atoms with Crippen LogP contribution in [-0.2, 0) is 0 Å². The van der Waals surface area contributed by atoms with E-state index in [9.17, 15) is 4.79 Å². The molecule has 1 amide bonds. The molecule has 31 heavy (non-hydrogen) atoms. The van der Waals surface area contributed by atoms with Gasteiger partial charge in [0, 0.05) is 22.7 Å². The zero-order chi connectivity index (χ0) is 22.1. The Morgan fingerprint density at radius 2 is 1.90 bits per heavy atom. The molecule has 1 N–H and O–H groups in total. The third-order valence-electron chi connectivity index (χ3n) is 5.35. The van der Waals surface area contributed by atoms with Crippen LogP contribution in [0, 0.1) is 5.92 Å². The molecule has 6 nitrogen and oxygen atoms in total. The number of carbonyl (C=O) groups excluding carboxylic acids is 1. The van der Waals surface area contributed by atoms with E-state index < -0.39 is 0 Å². The molecule has 0 bridgehead atoms. The van der Waals surface area contributed by atoms with Crippen LogP contribution >= 0.6 is 11.6 Å². The zero-order valence-electron chi connectivity index (χ0n) is 18.1. The van der Waals surface area contributed by atoms with Crippen LogP contribution < -0.4 is 9.47 Å². The number of fused-ring (bicyclic) bond motifs is 1. The lowest BCUT2D eigenvalue weighted by Crippen LogP contribution is -2.32. The van der Waals surface area contributed by atoms with Gasteiger partial charge in [-0.15, -0.1) is 0 Å². The summed E-state index contributed by atoms with van der Waals surface area (Å²) in [5.74, 6) is 1.58. The van der Waals surface area contributed by atoms with Crippen molar-refractivity contribution in [1.82, 2.24) is 15.1 Å². The van der Waals surface area contributed by atoms with E-state index in [1.165, 1.54) is 0 Å². The molecule has 0 aliphatic carbocycles. The van der Waals surface area contributed by atoms with Gasteiger partial charge in [0.15, 0.2) is 11.5 Å². The first-order chi connectivity index (χ1) is 14.9. The van der Waals surface area contributed by atoms with Gasteiger partial charge in [0.2, 0.25) is 0 Å². The molecule has 0 radical (unpaired) electrons. The van der Waals surface area contributed by atoms with Gasteiger partial charge in [-0.3, -0.25) is 9.89 Å². The molecule has 1 unspecified atom stereocenters. The second-order valence-electron chi connectivity index (χ2n) is 7.96. The summed E-state index contributed by atoms with van der Waals surface area (Å²) in [6, 6.07) is 13.1. The highest BCUT2D eigenvalue weighted by molar-refractivity contribution is 6.30. The molecule has 0 fully saturated rings. The van der Waals surface area contributed by atoms with E-state index in [-0.39, 0.29) is 11.9 Å². The van der Waals surface area contributed by atoms with Crippen LogP contribution in [0.5, 0.6) is 11.5 Å². The molecule has 1 aromatic heterocycles. The second kappa shape index (κ2) is 8.63. The van der Waals surface area contributed by atoms with E-state index in [2.05, 4.69) is 24.0 Å². The normalized spacial score (nSPS) is 15.5. The largest absolute Gasteiger partial charge is 0.493 e. The number of ether oxygens (including phenoxy) is 2. The Kier molecular flexibility index (Phi) is 5.92. The van der Waals surface area contributed by atoms with Gasteiger partial charge in [-0.2, -0.15) is 5.10 Å². The Hall–Kier alpha value is -2.99. The number of benzene rings is 2. The summed E-state index contributed by atoms with van der Waals surface area (Å²) in [7, 11) is 1.62. The maximum Gasteiger partial charge on any atom is 0.273 e. The summed E-state index contributed by atoms with van der Waals surface area (Å²) in [5, 5.41) is 8.13. The van der Waals surface area contributed by atoms with Crippen LogP contribution in [0.3, 0.4) is 0 Å². The van der Waals surface area contributed by atoms with E-state index in [0.29, 0.717) is 41.3 Å². The Bertz CT molecular complexity index is 1090. The summed E-state index contributed by atoms with van der Waals surface area (Å²) >= 11 is 6.08. The number of hydrogen-bond acceptors (Lipinski definition) is 4. The Morgan fingerprint density at radius 3 is 2.55 bits per heavy atom. The number of halogens is 1. The second-order valence-corrected chi connectivity index (χ2v) is 8.40. The van der Waals surface area contributed by atoms with Gasteiger partial charge in [0.05, 0.1) is 25.5 Å². The molecule has 4 rings (SSSR count). The average molecular weight is 440 g/mol. The van der Waals surface area contributed by atoms with Crippen molar-refractivity contribution in [1.29, 1.82) is 0 Å². The van der Waals surface area contributed by atoms with Crippen LogP contribution in [0.25, 0.3) is 11.3 Å². The van der Waals surface area contributed by atoms with Gasteiger partial charge in [-0.25, -0.2) is 0 Å². The van der Waals surface area contributed by atoms with Gasteiger partial charge in [0.25, 0.3) is 5.91 Å². The lowest BCUT2D eigenvalue weighted by Gasteiger charge is -2.28. The molecule has 1 aliphatic heterocycles. The Labute approximate surface area is 187 Å². The van der Waals surface area contributed by atoms with Crippen LogP contribution in [0.1, 0.15) is 48.4 Å². The molecule has 1 aliphatic rings. The van der Waals surface area contributed by atoms with Crippen molar-refractivity contribution >= 4 is 17.5 Å². The predicted octanol–water partition coefficient (Wildman–Crippen LogP) is 5.34. The van der Waals surface area contributed by atoms with Crippen LogP contribution in [0.15, 0.2) is 42.5 Å². The fraction of sp³-hybridized carbons (Fsp3) is 0.333. The Balaban J connectivity index is 1.86. The van der Waals surface area contributed by atoms with Crippen molar-refractivity contribution in [3.63, 3.8) is 0 Å². The number of methoxy groups -OCH3 is 1. The van der Waals surface area contributed by atoms with Crippen molar-refractivity contribution < 1.29 is 14.3 Å². The van der Waals surface area contributed by atoms with Crippen molar-refractivity contribution in [3.8, 4) is 22.8 Å². The van der Waals surface area contributed by atoms with Crippen molar-refractivity contribution in [3.05, 3.63) is 64.3 Å². The van der Waals surface area contributed by atoms with Crippen LogP contribution in [-0.4, -0.2) is 41.3 Å². The lowest BCUT2D eigenvalue weighted by atomic mass is 9.95. The maximum atomic E-state index is 13.3. The summed E-state index contributed by atoms with van der Waals surface area (Å²) < 4.78 is 11.3. The van der Waals surface area contributed by atoms with E-state index in [1.807, 2.05) is 54.3 Å². The van der Waals surface area contributed by atoms with E-state index in [0.717, 1.165) is 22.4 Å². The highest BCUT2D eigenvalue weighted by Gasteiger charge is 2.42. The summed E-state index contributed by atoms with van der Waals surface area (Å²) in [5.41, 5.74) is 4.01. The molecule has 0 saturated carbocycles. The molecule has 162 valence electrons. The predicted molar refractivity (Wildman–Crippen MR) is 121 cm³/mol. The number of rotatable bonds is 7. The summed E-state index contributed by atoms with van der Waals surface area (Å²) in [6.45, 7) is 7.32. The van der Waals surface area contributed by atoms with Gasteiger partial charge >= 0.3 is 0 Å². The third-order valence-corrected chi connectivity index (χ3v) is 5.60. The molecule has 0 saturated heterocycles. The number of hydrogen-bond donors (Lipinski definition) is 1. The lowest BCUT2D eigenvalue weighted by molar-refractivity contribution is 0.0722. The highest BCUT2D eigenvalue weighted by Crippen LogP contribution is 2.44. The molecule has 2 heterocycles. The molecule has 7 heteroatoms. The fourth-order valence-electron chi connectivity index (χ4n) is 4.08. The topological polar surface area (TPSA) is 67.5 Å². The molecule has 1 atom stereocenters. The maximum absolute atomic E-state index is 13.3. The number of nitrogens with one attached hydrogen (secondary N) is 1. The van der Waals surface area contributed by atoms with Gasteiger partial charge in [-0.05, 0) is 42.7 Å². The number of amides is 1. The first-order valence-electron chi connectivity index (χ1n) is 10.4. The number of H-pyrrole nitrogens is 1. The Morgan fingerprint density at radius 1 is 1.16 bits per heavy atom. The third kappa shape index (κ3) is 3.88. The van der Waals surface area contributed by atoms with Gasteiger partial charge in [0.1, 0.15) is 5.69 Å². The van der Waals surface area contributed by atoms with Crippen molar-refractivity contribution in [2.45, 2.75) is 26.8 Å². The first kappa shape index (κ1) is 21.2. The van der Waals surface area contributed by atoms with E-state index in [4.69, 9.17) is 21.1 Å². The molecule has 3 aromatic rings. The average Bonchev–Trinajstić information content (AvgIpc) is 3.28. The van der Waals surface area contributed by atoms with Crippen molar-refractivity contribution in [2.75, 3.05) is 20.3 Å². The summed E-state index contributed by atoms with van der Waals surface area (Å²) in [6.07, 6.45) is 0. The van der Waals surface area contributed by atoms with Crippen LogP contribution in [0.2, 0.25) is 5.02 Å². The minimum Gasteiger partial charge on any atom is -0.493 e. The minimum absolute atomic E-state index is 0.0470. The van der Waals surface area contributed by atoms with Crippen LogP contribution in [0.4, 0.5) is 0 Å².